The fourth-order valence-corrected chi connectivity index (χ4v) is 2.12. The maximum Gasteiger partial charge on any atom is 0.201 e. The van der Waals surface area contributed by atoms with E-state index in [-0.39, 0.29) is 0 Å². The second kappa shape index (κ2) is 4.31. The van der Waals surface area contributed by atoms with E-state index in [9.17, 15) is 0 Å². The number of hydrogen-bond acceptors (Lipinski definition) is 3. The van der Waals surface area contributed by atoms with Crippen molar-refractivity contribution in [1.82, 2.24) is 14.5 Å². The minimum Gasteiger partial charge on any atom is -0.369 e. The molecule has 3 aromatic rings. The highest BCUT2D eigenvalue weighted by atomic mass is 35.5. The Morgan fingerprint density at radius 3 is 2.72 bits per heavy atom. The third kappa shape index (κ3) is 1.91. The van der Waals surface area contributed by atoms with Gasteiger partial charge in [0.1, 0.15) is 0 Å². The van der Waals surface area contributed by atoms with E-state index in [4.69, 9.17) is 17.3 Å². The van der Waals surface area contributed by atoms with Gasteiger partial charge in [-0.3, -0.25) is 4.98 Å². The Bertz CT molecular complexity index is 691. The van der Waals surface area contributed by atoms with Gasteiger partial charge in [0.15, 0.2) is 0 Å². The smallest absolute Gasteiger partial charge is 0.201 e. The van der Waals surface area contributed by atoms with E-state index in [0.29, 0.717) is 17.5 Å². The monoisotopic (exact) mass is 258 g/mol. The molecule has 0 unspecified atom stereocenters. The molecule has 0 aliphatic heterocycles. The Kier molecular flexibility index (Phi) is 2.64. The van der Waals surface area contributed by atoms with Crippen molar-refractivity contribution in [3.63, 3.8) is 0 Å². The molecule has 0 amide bonds. The molecule has 5 heteroatoms. The Labute approximate surface area is 109 Å². The van der Waals surface area contributed by atoms with Gasteiger partial charge < -0.3 is 10.3 Å². The van der Waals surface area contributed by atoms with Gasteiger partial charge in [-0.15, -0.1) is 0 Å². The molecular weight excluding hydrogens is 248 g/mol. The number of benzene rings is 1. The predicted octanol–water partition coefficient (Wildman–Crippen LogP) is 2.72. The topological polar surface area (TPSA) is 56.7 Å². The van der Waals surface area contributed by atoms with Crippen molar-refractivity contribution in [2.45, 2.75) is 6.54 Å². The molecule has 0 bridgehead atoms. The van der Waals surface area contributed by atoms with Crippen molar-refractivity contribution in [3.05, 3.63) is 53.3 Å². The average molecular weight is 259 g/mol. The maximum atomic E-state index is 5.94. The first kappa shape index (κ1) is 11.0. The normalized spacial score (nSPS) is 10.9. The van der Waals surface area contributed by atoms with Gasteiger partial charge >= 0.3 is 0 Å². The summed E-state index contributed by atoms with van der Waals surface area (Å²) in [5.74, 6) is 0.490. The molecule has 1 aromatic carbocycles. The summed E-state index contributed by atoms with van der Waals surface area (Å²) in [5.41, 5.74) is 8.87. The van der Waals surface area contributed by atoms with Crippen molar-refractivity contribution in [2.75, 3.05) is 5.73 Å². The average Bonchev–Trinajstić information content (AvgIpc) is 2.66. The number of anilines is 1. The van der Waals surface area contributed by atoms with E-state index in [1.165, 1.54) is 0 Å². The molecule has 0 aliphatic rings. The summed E-state index contributed by atoms with van der Waals surface area (Å²) < 4.78 is 1.96. The number of nitrogens with zero attached hydrogens (tertiary/aromatic N) is 3. The lowest BCUT2D eigenvalue weighted by Crippen LogP contribution is -2.04. The fourth-order valence-electron chi connectivity index (χ4n) is 1.96. The standard InChI is InChI=1S/C13H11ClN4/c14-10-1-2-12-11(7-10)17-13(15)18(12)8-9-3-5-16-6-4-9/h1-7H,8H2,(H2,15,17). The van der Waals surface area contributed by atoms with Crippen LogP contribution >= 0.6 is 11.6 Å². The largest absolute Gasteiger partial charge is 0.369 e. The predicted molar refractivity (Wildman–Crippen MR) is 72.5 cm³/mol. The van der Waals surface area contributed by atoms with Crippen molar-refractivity contribution in [3.8, 4) is 0 Å². The van der Waals surface area contributed by atoms with Crippen LogP contribution < -0.4 is 5.73 Å². The quantitative estimate of drug-likeness (QED) is 0.769. The molecule has 0 radical (unpaired) electrons. The number of rotatable bonds is 2. The van der Waals surface area contributed by atoms with Gasteiger partial charge in [0.2, 0.25) is 5.95 Å². The number of hydrogen-bond donors (Lipinski definition) is 1. The third-order valence-corrected chi connectivity index (χ3v) is 3.06. The molecule has 4 nitrogen and oxygen atoms in total. The van der Waals surface area contributed by atoms with Crippen LogP contribution in [-0.2, 0) is 6.54 Å². The summed E-state index contributed by atoms with van der Waals surface area (Å²) in [4.78, 5) is 8.31. The van der Waals surface area contributed by atoms with Crippen molar-refractivity contribution in [1.29, 1.82) is 0 Å². The minimum absolute atomic E-state index is 0.490. The van der Waals surface area contributed by atoms with Crippen LogP contribution in [0.1, 0.15) is 5.56 Å². The Morgan fingerprint density at radius 1 is 1.17 bits per heavy atom. The molecule has 2 heterocycles. The zero-order chi connectivity index (χ0) is 12.5. The molecule has 2 N–H and O–H groups in total. The van der Waals surface area contributed by atoms with Gasteiger partial charge in [0.05, 0.1) is 17.6 Å². The highest BCUT2D eigenvalue weighted by Crippen LogP contribution is 2.22. The lowest BCUT2D eigenvalue weighted by Gasteiger charge is -2.06. The SMILES string of the molecule is Nc1nc2cc(Cl)ccc2n1Cc1ccncc1. The highest BCUT2D eigenvalue weighted by Gasteiger charge is 2.08. The van der Waals surface area contributed by atoms with Crippen LogP contribution in [0.25, 0.3) is 11.0 Å². The van der Waals surface area contributed by atoms with Gasteiger partial charge in [-0.25, -0.2) is 4.98 Å². The van der Waals surface area contributed by atoms with Gasteiger partial charge in [-0.05, 0) is 35.9 Å². The first-order valence-corrected chi connectivity index (χ1v) is 5.92. The minimum atomic E-state index is 0.490. The van der Waals surface area contributed by atoms with E-state index in [2.05, 4.69) is 9.97 Å². The molecule has 0 spiro atoms. The van der Waals surface area contributed by atoms with Crippen LogP contribution in [0.4, 0.5) is 5.95 Å². The van der Waals surface area contributed by atoms with E-state index < -0.39 is 0 Å². The lowest BCUT2D eigenvalue weighted by atomic mass is 10.2. The molecular formula is C13H11ClN4. The summed E-state index contributed by atoms with van der Waals surface area (Å²) >= 11 is 5.94. The summed E-state index contributed by atoms with van der Waals surface area (Å²) in [5, 5.41) is 0.663. The van der Waals surface area contributed by atoms with E-state index in [1.54, 1.807) is 12.4 Å². The Balaban J connectivity index is 2.09. The van der Waals surface area contributed by atoms with Crippen LogP contribution in [0.5, 0.6) is 0 Å². The molecule has 18 heavy (non-hydrogen) atoms. The number of halogens is 1. The van der Waals surface area contributed by atoms with Gasteiger partial charge in [0.25, 0.3) is 0 Å². The van der Waals surface area contributed by atoms with Gasteiger partial charge in [-0.2, -0.15) is 0 Å². The summed E-state index contributed by atoms with van der Waals surface area (Å²) in [6.45, 7) is 0.673. The molecule has 0 saturated carbocycles. The zero-order valence-electron chi connectivity index (χ0n) is 9.55. The fraction of sp³-hybridized carbons (Fsp3) is 0.0769. The van der Waals surface area contributed by atoms with Crippen molar-refractivity contribution < 1.29 is 0 Å². The molecule has 0 saturated heterocycles. The number of nitrogen functional groups attached to an aromatic ring is 1. The Hall–Kier alpha value is -2.07. The van der Waals surface area contributed by atoms with Crippen LogP contribution in [-0.4, -0.2) is 14.5 Å². The molecule has 2 aromatic heterocycles. The molecule has 90 valence electrons. The maximum absolute atomic E-state index is 5.94. The highest BCUT2D eigenvalue weighted by molar-refractivity contribution is 6.31. The van der Waals surface area contributed by atoms with Crippen molar-refractivity contribution >= 4 is 28.6 Å². The summed E-state index contributed by atoms with van der Waals surface area (Å²) in [6, 6.07) is 9.51. The molecule has 0 fully saturated rings. The van der Waals surface area contributed by atoms with E-state index in [1.807, 2.05) is 34.9 Å². The van der Waals surface area contributed by atoms with Crippen molar-refractivity contribution in [2.24, 2.45) is 0 Å². The summed E-state index contributed by atoms with van der Waals surface area (Å²) in [6.07, 6.45) is 3.53. The number of nitrogens with two attached hydrogens (primary N) is 1. The molecule has 0 atom stereocenters. The third-order valence-electron chi connectivity index (χ3n) is 2.83. The molecule has 3 rings (SSSR count). The zero-order valence-corrected chi connectivity index (χ0v) is 10.3. The number of aromatic nitrogens is 3. The van der Waals surface area contributed by atoms with Gasteiger partial charge in [0, 0.05) is 17.4 Å². The van der Waals surface area contributed by atoms with Gasteiger partial charge in [-0.1, -0.05) is 11.6 Å². The summed E-state index contributed by atoms with van der Waals surface area (Å²) in [7, 11) is 0. The van der Waals surface area contributed by atoms with Crippen LogP contribution in [0.3, 0.4) is 0 Å². The van der Waals surface area contributed by atoms with E-state index in [0.717, 1.165) is 16.6 Å². The lowest BCUT2D eigenvalue weighted by molar-refractivity contribution is 0.836. The van der Waals surface area contributed by atoms with Crippen LogP contribution in [0.2, 0.25) is 5.02 Å². The Morgan fingerprint density at radius 2 is 1.94 bits per heavy atom. The second-order valence-electron chi connectivity index (χ2n) is 4.04. The van der Waals surface area contributed by atoms with E-state index >= 15 is 0 Å². The number of pyridine rings is 1. The van der Waals surface area contributed by atoms with Crippen LogP contribution in [0.15, 0.2) is 42.7 Å². The first-order valence-electron chi connectivity index (χ1n) is 5.54. The molecule has 0 aliphatic carbocycles. The first-order chi connectivity index (χ1) is 8.74. The van der Waals surface area contributed by atoms with Crippen LogP contribution in [0, 0.1) is 0 Å². The second-order valence-corrected chi connectivity index (χ2v) is 4.48. The number of imidazole rings is 1. The number of fused-ring (bicyclic) bond motifs is 1.